The van der Waals surface area contributed by atoms with Crippen LogP contribution in [0.1, 0.15) is 18.1 Å². The van der Waals surface area contributed by atoms with E-state index in [1.54, 1.807) is 0 Å². The molecule has 4 nitrogen and oxygen atoms in total. The van der Waals surface area contributed by atoms with Gasteiger partial charge >= 0.3 is 0 Å². The molecule has 4 aliphatic rings. The summed E-state index contributed by atoms with van der Waals surface area (Å²) < 4.78 is 22.6. The fraction of sp³-hybridized carbons (Fsp3) is 0.600. The summed E-state index contributed by atoms with van der Waals surface area (Å²) in [6.07, 6.45) is 2.77. The highest BCUT2D eigenvalue weighted by Crippen LogP contribution is 2.50. The first kappa shape index (κ1) is 10.7. The van der Waals surface area contributed by atoms with E-state index in [1.165, 1.54) is 5.56 Å². The summed E-state index contributed by atoms with van der Waals surface area (Å²) in [5, 5.41) is 0. The molecule has 4 heterocycles. The van der Waals surface area contributed by atoms with Crippen molar-refractivity contribution in [1.29, 1.82) is 0 Å². The Kier molecular flexibility index (Phi) is 2.09. The van der Waals surface area contributed by atoms with Gasteiger partial charge in [-0.05, 0) is 24.1 Å². The van der Waals surface area contributed by atoms with E-state index in [1.807, 2.05) is 12.1 Å². The van der Waals surface area contributed by atoms with Crippen LogP contribution in [0.25, 0.3) is 0 Å². The number of hydrogen-bond acceptors (Lipinski definition) is 4. The zero-order chi connectivity index (χ0) is 12.4. The summed E-state index contributed by atoms with van der Waals surface area (Å²) in [5.74, 6) is 1.42. The number of rotatable bonds is 4. The van der Waals surface area contributed by atoms with E-state index in [4.69, 9.17) is 18.9 Å². The first-order valence-corrected chi connectivity index (χ1v) is 7.04. The van der Waals surface area contributed by atoms with E-state index in [2.05, 4.69) is 12.1 Å². The molecule has 4 saturated heterocycles. The second kappa shape index (κ2) is 3.72. The van der Waals surface area contributed by atoms with Crippen LogP contribution in [0.5, 0.6) is 5.75 Å². The normalized spacial score (nSPS) is 45.1. The summed E-state index contributed by atoms with van der Waals surface area (Å²) in [6.45, 7) is 1.58. The first-order chi connectivity index (χ1) is 9.38. The molecule has 6 unspecified atom stereocenters. The van der Waals surface area contributed by atoms with Gasteiger partial charge in [-0.1, -0.05) is 12.1 Å². The van der Waals surface area contributed by atoms with Crippen molar-refractivity contribution in [2.24, 2.45) is 5.92 Å². The Bertz CT molecular complexity index is 495. The molecule has 6 atom stereocenters. The Balaban J connectivity index is 1.21. The van der Waals surface area contributed by atoms with Crippen LogP contribution >= 0.6 is 0 Å². The van der Waals surface area contributed by atoms with Crippen LogP contribution in [-0.4, -0.2) is 37.6 Å². The third-order valence-electron chi connectivity index (χ3n) is 4.63. The highest BCUT2D eigenvalue weighted by molar-refractivity contribution is 5.30. The molecule has 1 aromatic carbocycles. The lowest BCUT2D eigenvalue weighted by atomic mass is 9.90. The number of fused-ring (bicyclic) bond motifs is 5. The summed E-state index contributed by atoms with van der Waals surface area (Å²) in [4.78, 5) is 0. The maximum absolute atomic E-state index is 5.89. The molecule has 0 aliphatic carbocycles. The molecule has 19 heavy (non-hydrogen) atoms. The number of benzene rings is 1. The third-order valence-corrected chi connectivity index (χ3v) is 4.63. The van der Waals surface area contributed by atoms with Crippen LogP contribution in [0.4, 0.5) is 0 Å². The van der Waals surface area contributed by atoms with E-state index in [0.29, 0.717) is 30.3 Å². The van der Waals surface area contributed by atoms with Crippen molar-refractivity contribution >= 4 is 0 Å². The summed E-state index contributed by atoms with van der Waals surface area (Å²) in [5.41, 5.74) is 1.24. The Labute approximate surface area is 111 Å². The van der Waals surface area contributed by atoms with Gasteiger partial charge in [-0.25, -0.2) is 0 Å². The van der Waals surface area contributed by atoms with Crippen molar-refractivity contribution in [3.8, 4) is 5.75 Å². The molecule has 0 radical (unpaired) electrons. The fourth-order valence-corrected chi connectivity index (χ4v) is 3.44. The second-order valence-corrected chi connectivity index (χ2v) is 5.90. The summed E-state index contributed by atoms with van der Waals surface area (Å²) in [6, 6.07) is 8.23. The van der Waals surface area contributed by atoms with Gasteiger partial charge in [0.15, 0.2) is 0 Å². The van der Waals surface area contributed by atoms with E-state index < -0.39 is 0 Å². The molecule has 2 bridgehead atoms. The van der Waals surface area contributed by atoms with Gasteiger partial charge in [0.1, 0.15) is 24.1 Å². The van der Waals surface area contributed by atoms with Crippen LogP contribution in [-0.2, 0) is 14.2 Å². The largest absolute Gasteiger partial charge is 0.493 e. The Morgan fingerprint density at radius 2 is 1.89 bits per heavy atom. The van der Waals surface area contributed by atoms with Crippen LogP contribution in [0.15, 0.2) is 24.3 Å². The van der Waals surface area contributed by atoms with Crippen LogP contribution in [0.3, 0.4) is 0 Å². The molecule has 5 rings (SSSR count). The van der Waals surface area contributed by atoms with Gasteiger partial charge in [0.2, 0.25) is 0 Å². The molecule has 100 valence electrons. The molecule has 1 aromatic rings. The number of hydrogen-bond donors (Lipinski definition) is 0. The SMILES string of the molecule is c1cc(C2CO2)ccc1OCC1CC2OC1C1OC21. The van der Waals surface area contributed by atoms with Crippen molar-refractivity contribution in [3.63, 3.8) is 0 Å². The summed E-state index contributed by atoms with van der Waals surface area (Å²) >= 11 is 0. The fourth-order valence-electron chi connectivity index (χ4n) is 3.44. The van der Waals surface area contributed by atoms with Crippen molar-refractivity contribution in [2.75, 3.05) is 13.2 Å². The monoisotopic (exact) mass is 260 g/mol. The quantitative estimate of drug-likeness (QED) is 0.773. The standard InChI is InChI=1S/C15H16O4/c1-3-10(4-2-8(1)12-7-17-12)16-6-9-5-11-14-15(19-14)13(9)18-11/h1-4,9,11-15H,5-7H2. The smallest absolute Gasteiger partial charge is 0.119 e. The zero-order valence-electron chi connectivity index (χ0n) is 10.5. The lowest BCUT2D eigenvalue weighted by Gasteiger charge is -2.17. The van der Waals surface area contributed by atoms with E-state index >= 15 is 0 Å². The van der Waals surface area contributed by atoms with Crippen LogP contribution < -0.4 is 4.74 Å². The minimum Gasteiger partial charge on any atom is -0.493 e. The maximum Gasteiger partial charge on any atom is 0.119 e. The topological polar surface area (TPSA) is 43.5 Å². The molecule has 0 spiro atoms. The molecular formula is C15H16O4. The highest BCUT2D eigenvalue weighted by Gasteiger charge is 2.65. The van der Waals surface area contributed by atoms with Crippen molar-refractivity contribution in [3.05, 3.63) is 29.8 Å². The van der Waals surface area contributed by atoms with Crippen LogP contribution in [0, 0.1) is 5.92 Å². The minimum atomic E-state index is 0.272. The Hall–Kier alpha value is -1.10. The molecule has 0 aromatic heterocycles. The number of epoxide rings is 2. The Morgan fingerprint density at radius 3 is 2.58 bits per heavy atom. The lowest BCUT2D eigenvalue weighted by molar-refractivity contribution is 0.00715. The molecule has 4 aliphatic heterocycles. The van der Waals surface area contributed by atoms with Crippen molar-refractivity contribution in [2.45, 2.75) is 36.9 Å². The van der Waals surface area contributed by atoms with Gasteiger partial charge in [0.05, 0.1) is 25.4 Å². The van der Waals surface area contributed by atoms with Gasteiger partial charge in [0.25, 0.3) is 0 Å². The predicted molar refractivity (Wildman–Crippen MR) is 66.1 cm³/mol. The third kappa shape index (κ3) is 1.71. The highest BCUT2D eigenvalue weighted by atomic mass is 16.7. The van der Waals surface area contributed by atoms with E-state index in [-0.39, 0.29) is 6.10 Å². The van der Waals surface area contributed by atoms with Gasteiger partial charge in [-0.2, -0.15) is 0 Å². The second-order valence-electron chi connectivity index (χ2n) is 5.90. The average molecular weight is 260 g/mol. The summed E-state index contributed by atoms with van der Waals surface area (Å²) in [7, 11) is 0. The average Bonchev–Trinajstić information content (AvgIpc) is 3.36. The molecule has 0 saturated carbocycles. The van der Waals surface area contributed by atoms with Gasteiger partial charge < -0.3 is 18.9 Å². The molecule has 4 heteroatoms. The molecule has 4 fully saturated rings. The molecule has 0 amide bonds. The van der Waals surface area contributed by atoms with Crippen molar-refractivity contribution in [1.82, 2.24) is 0 Å². The zero-order valence-corrected chi connectivity index (χ0v) is 10.5. The predicted octanol–water partition coefficient (Wildman–Crippen LogP) is 1.69. The number of ether oxygens (including phenoxy) is 4. The van der Waals surface area contributed by atoms with Gasteiger partial charge in [-0.15, -0.1) is 0 Å². The van der Waals surface area contributed by atoms with Gasteiger partial charge in [-0.3, -0.25) is 0 Å². The Morgan fingerprint density at radius 1 is 1.05 bits per heavy atom. The van der Waals surface area contributed by atoms with Gasteiger partial charge in [0, 0.05) is 5.92 Å². The van der Waals surface area contributed by atoms with Crippen molar-refractivity contribution < 1.29 is 18.9 Å². The molecular weight excluding hydrogens is 244 g/mol. The lowest BCUT2D eigenvalue weighted by Crippen LogP contribution is -2.28. The van der Waals surface area contributed by atoms with E-state index in [0.717, 1.165) is 25.4 Å². The van der Waals surface area contributed by atoms with Crippen LogP contribution in [0.2, 0.25) is 0 Å². The van der Waals surface area contributed by atoms with E-state index in [9.17, 15) is 0 Å². The first-order valence-electron chi connectivity index (χ1n) is 7.04. The maximum atomic E-state index is 5.89. The molecule has 0 N–H and O–H groups in total. The minimum absolute atomic E-state index is 0.272.